The van der Waals surface area contributed by atoms with Crippen molar-refractivity contribution in [2.45, 2.75) is 63.2 Å². The average Bonchev–Trinajstić information content (AvgIpc) is 3.25. The molecule has 10 nitrogen and oxygen atoms in total. The molecule has 2 fully saturated rings. The monoisotopic (exact) mass is 453 g/mol. The molecule has 4 atom stereocenters. The van der Waals surface area contributed by atoms with Gasteiger partial charge in [-0.3, -0.25) is 0 Å². The molecule has 29 heavy (non-hydrogen) atoms. The molecule has 2 aliphatic heterocycles. The molecule has 2 rings (SSSR count). The molecule has 170 valence electrons. The van der Waals surface area contributed by atoms with E-state index in [0.717, 1.165) is 31.4 Å². The Morgan fingerprint density at radius 1 is 1.14 bits per heavy atom. The normalized spacial score (nSPS) is 25.8. The van der Waals surface area contributed by atoms with Crippen molar-refractivity contribution in [1.29, 1.82) is 0 Å². The molecular weight excluding hydrogens is 418 g/mol. The minimum Gasteiger partial charge on any atom is -0.566 e. The SMILES string of the molecule is C[SiH](CCCCOCC1COC(=O)O1)O[Si](C)(C)CCCOC[C@H]1CO[NH+]([O-])O1. The van der Waals surface area contributed by atoms with Crippen LogP contribution in [-0.4, -0.2) is 75.4 Å². The van der Waals surface area contributed by atoms with E-state index in [1.165, 1.54) is 0 Å². The predicted octanol–water partition coefficient (Wildman–Crippen LogP) is 0.929. The number of hydrogen-bond acceptors (Lipinski definition) is 9. The van der Waals surface area contributed by atoms with Crippen molar-refractivity contribution in [3.8, 4) is 0 Å². The number of carbonyl (C=O) groups is 1. The maximum atomic E-state index is 10.8. The fraction of sp³-hybridized carbons (Fsp3) is 0.941. The fourth-order valence-electron chi connectivity index (χ4n) is 3.22. The number of ether oxygens (including phenoxy) is 4. The van der Waals surface area contributed by atoms with E-state index >= 15 is 0 Å². The second kappa shape index (κ2) is 13.0. The molecule has 12 heteroatoms. The molecule has 0 aromatic carbocycles. The first-order valence-corrected chi connectivity index (χ1v) is 15.9. The smallest absolute Gasteiger partial charge is 0.508 e. The van der Waals surface area contributed by atoms with Crippen molar-refractivity contribution in [3.63, 3.8) is 0 Å². The van der Waals surface area contributed by atoms with E-state index in [9.17, 15) is 10.0 Å². The molecule has 0 aliphatic carbocycles. The third-order valence-electron chi connectivity index (χ3n) is 4.64. The lowest BCUT2D eigenvalue weighted by Crippen LogP contribution is -3.02. The van der Waals surface area contributed by atoms with Crippen LogP contribution in [-0.2, 0) is 32.7 Å². The Labute approximate surface area is 175 Å². The van der Waals surface area contributed by atoms with E-state index in [2.05, 4.69) is 19.6 Å². The summed E-state index contributed by atoms with van der Waals surface area (Å²) in [4.78, 5) is 20.5. The number of nitrogens with one attached hydrogen (secondary N) is 1. The van der Waals surface area contributed by atoms with E-state index in [1.54, 1.807) is 0 Å². The maximum absolute atomic E-state index is 10.8. The van der Waals surface area contributed by atoms with E-state index in [4.69, 9.17) is 32.7 Å². The van der Waals surface area contributed by atoms with Crippen LogP contribution in [0.5, 0.6) is 0 Å². The highest BCUT2D eigenvalue weighted by Gasteiger charge is 2.27. The van der Waals surface area contributed by atoms with Crippen LogP contribution in [0.15, 0.2) is 0 Å². The minimum absolute atomic E-state index is 0.267. The molecule has 3 unspecified atom stereocenters. The molecule has 2 saturated heterocycles. The van der Waals surface area contributed by atoms with Gasteiger partial charge in [-0.15, -0.1) is 0 Å². The van der Waals surface area contributed by atoms with Gasteiger partial charge in [-0.05, 0) is 44.6 Å². The summed E-state index contributed by atoms with van der Waals surface area (Å²) in [6.07, 6.45) is 1.86. The first-order valence-electron chi connectivity index (χ1n) is 10.3. The first kappa shape index (κ1) is 24.7. The summed E-state index contributed by atoms with van der Waals surface area (Å²) in [6, 6.07) is 2.18. The molecule has 0 radical (unpaired) electrons. The summed E-state index contributed by atoms with van der Waals surface area (Å²) in [7, 11) is -2.87. The molecule has 2 heterocycles. The van der Waals surface area contributed by atoms with Crippen LogP contribution in [0.2, 0.25) is 31.7 Å². The quantitative estimate of drug-likeness (QED) is 0.168. The van der Waals surface area contributed by atoms with Crippen molar-refractivity contribution in [3.05, 3.63) is 5.21 Å². The molecule has 0 aromatic heterocycles. The van der Waals surface area contributed by atoms with Gasteiger partial charge in [-0.1, -0.05) is 11.8 Å². The molecule has 1 N–H and O–H groups in total. The number of quaternary nitrogens is 1. The highest BCUT2D eigenvalue weighted by atomic mass is 28.4. The topological polar surface area (TPSA) is 109 Å². The number of carbonyl (C=O) groups excluding carboxylic acids is 1. The largest absolute Gasteiger partial charge is 0.566 e. The Morgan fingerprint density at radius 2 is 1.86 bits per heavy atom. The Bertz CT molecular complexity index is 486. The second-order valence-corrected chi connectivity index (χ2v) is 15.2. The van der Waals surface area contributed by atoms with Crippen LogP contribution < -0.4 is 5.39 Å². The van der Waals surface area contributed by atoms with Gasteiger partial charge in [-0.25, -0.2) is 4.79 Å². The molecule has 0 amide bonds. The molecule has 0 spiro atoms. The number of unbranched alkanes of at least 4 members (excludes halogenated alkanes) is 1. The van der Waals surface area contributed by atoms with Gasteiger partial charge in [0.05, 0.1) is 13.2 Å². The number of hydrogen-bond donors (Lipinski definition) is 1. The second-order valence-electron chi connectivity index (χ2n) is 8.04. The van der Waals surface area contributed by atoms with Crippen LogP contribution >= 0.6 is 0 Å². The average molecular weight is 454 g/mol. The Kier molecular flexibility index (Phi) is 11.0. The summed E-state index contributed by atoms with van der Waals surface area (Å²) < 4.78 is 27.2. The molecule has 0 saturated carbocycles. The first-order chi connectivity index (χ1) is 13.8. The molecular formula is C17H35NO9Si2. The van der Waals surface area contributed by atoms with Crippen molar-refractivity contribution in [1.82, 2.24) is 0 Å². The van der Waals surface area contributed by atoms with E-state index in [0.29, 0.717) is 26.4 Å². The van der Waals surface area contributed by atoms with Gasteiger partial charge < -0.3 is 28.3 Å². The van der Waals surface area contributed by atoms with Crippen LogP contribution in [0.4, 0.5) is 4.79 Å². The van der Waals surface area contributed by atoms with Crippen molar-refractivity contribution in [2.24, 2.45) is 0 Å². The lowest BCUT2D eigenvalue weighted by Gasteiger charge is -2.27. The van der Waals surface area contributed by atoms with Gasteiger partial charge in [0.1, 0.15) is 13.2 Å². The molecule has 2 aliphatic rings. The number of rotatable bonds is 15. The Morgan fingerprint density at radius 3 is 2.52 bits per heavy atom. The zero-order chi connectivity index (χ0) is 21.1. The van der Waals surface area contributed by atoms with E-state index in [1.807, 2.05) is 0 Å². The van der Waals surface area contributed by atoms with Crippen LogP contribution in [0.1, 0.15) is 19.3 Å². The molecule has 0 aromatic rings. The minimum atomic E-state index is -1.68. The maximum Gasteiger partial charge on any atom is 0.508 e. The van der Waals surface area contributed by atoms with E-state index in [-0.39, 0.29) is 25.4 Å². The third kappa shape index (κ3) is 10.8. The van der Waals surface area contributed by atoms with Crippen LogP contribution in [0.3, 0.4) is 0 Å². The summed E-state index contributed by atoms with van der Waals surface area (Å²) in [5.74, 6) is 0. The fourth-order valence-corrected chi connectivity index (χ4v) is 10.4. The van der Waals surface area contributed by atoms with Crippen molar-refractivity contribution >= 4 is 23.5 Å². The summed E-state index contributed by atoms with van der Waals surface area (Å²) in [6.45, 7) is 9.43. The zero-order valence-electron chi connectivity index (χ0n) is 17.7. The predicted molar refractivity (Wildman–Crippen MR) is 108 cm³/mol. The lowest BCUT2D eigenvalue weighted by atomic mass is 10.3. The highest BCUT2D eigenvalue weighted by molar-refractivity contribution is 6.78. The van der Waals surface area contributed by atoms with Gasteiger partial charge in [-0.2, -0.15) is 9.68 Å². The Hall–Kier alpha value is -0.576. The van der Waals surface area contributed by atoms with Crippen molar-refractivity contribution < 1.29 is 42.9 Å². The summed E-state index contributed by atoms with van der Waals surface area (Å²) in [5.41, 5.74) is 0. The van der Waals surface area contributed by atoms with Crippen LogP contribution in [0, 0.1) is 5.21 Å². The molecule has 0 bridgehead atoms. The van der Waals surface area contributed by atoms with Gasteiger partial charge in [0.15, 0.2) is 29.6 Å². The van der Waals surface area contributed by atoms with Gasteiger partial charge in [0, 0.05) is 13.2 Å². The van der Waals surface area contributed by atoms with Crippen molar-refractivity contribution in [2.75, 3.05) is 39.6 Å². The summed E-state index contributed by atoms with van der Waals surface area (Å²) in [5, 5.41) is 10.2. The van der Waals surface area contributed by atoms with Crippen LogP contribution in [0.25, 0.3) is 0 Å². The number of cyclic esters (lactones) is 2. The third-order valence-corrected chi connectivity index (χ3v) is 11.6. The van der Waals surface area contributed by atoms with Gasteiger partial charge >= 0.3 is 6.16 Å². The van der Waals surface area contributed by atoms with E-state index < -0.39 is 28.9 Å². The van der Waals surface area contributed by atoms with Gasteiger partial charge in [0.25, 0.3) is 0 Å². The Balaban J connectivity index is 1.42. The lowest BCUT2D eigenvalue weighted by molar-refractivity contribution is -1.19. The zero-order valence-corrected chi connectivity index (χ0v) is 19.8. The summed E-state index contributed by atoms with van der Waals surface area (Å²) >= 11 is 0. The van der Waals surface area contributed by atoms with Gasteiger partial charge in [0.2, 0.25) is 0 Å². The standard InChI is InChI=1S/C17H35NO9Si2/c1-28(9-5-4-7-21-11-15-13-23-17(19)25-15)27-29(2,3)10-6-8-22-12-16-14-24-18(20)26-16/h15-16,18,28H,4-14H2,1-3H3/t15?,16-,28?/m0/s1. The highest BCUT2D eigenvalue weighted by Crippen LogP contribution is 2.18.